The summed E-state index contributed by atoms with van der Waals surface area (Å²) >= 11 is 0. The Morgan fingerprint density at radius 3 is 2.15 bits per heavy atom. The van der Waals surface area contributed by atoms with E-state index in [0.29, 0.717) is 23.0 Å². The molecule has 4 aromatic rings. The van der Waals surface area contributed by atoms with Crippen molar-refractivity contribution in [1.82, 2.24) is 25.5 Å². The molecule has 0 aliphatic rings. The van der Waals surface area contributed by atoms with E-state index in [1.165, 1.54) is 0 Å². The van der Waals surface area contributed by atoms with Crippen LogP contribution in [-0.4, -0.2) is 40.9 Å². The molecule has 0 amide bonds. The molecule has 8 nitrogen and oxygen atoms in total. The number of rotatable bonds is 7. The van der Waals surface area contributed by atoms with Crippen molar-refractivity contribution in [3.63, 3.8) is 0 Å². The maximum absolute atomic E-state index is 12.4. The molecule has 4 rings (SSSR count). The zero-order valence-corrected chi connectivity index (χ0v) is 20.6. The average Bonchev–Trinajstić information content (AvgIpc) is 3.34. The summed E-state index contributed by atoms with van der Waals surface area (Å²) in [5.41, 5.74) is 4.43. The van der Waals surface area contributed by atoms with Crippen molar-refractivity contribution in [2.45, 2.75) is 43.9 Å². The van der Waals surface area contributed by atoms with Gasteiger partial charge >= 0.3 is 0 Å². The largest absolute Gasteiger partial charge is 0.415 e. The molecule has 180 valence electrons. The molecule has 1 N–H and O–H groups in total. The van der Waals surface area contributed by atoms with Gasteiger partial charge in [0, 0.05) is 20.0 Å². The summed E-state index contributed by atoms with van der Waals surface area (Å²) in [4.78, 5) is 9.40. The van der Waals surface area contributed by atoms with Crippen molar-refractivity contribution in [3.8, 4) is 34.3 Å². The highest BCUT2D eigenvalue weighted by Gasteiger charge is 2.20. The molecule has 2 aromatic carbocycles. The molecule has 1 atom stereocenters. The highest BCUT2D eigenvalue weighted by molar-refractivity contribution is 7.92. The highest BCUT2D eigenvalue weighted by Crippen LogP contribution is 2.28. The Morgan fingerprint density at radius 2 is 1.53 bits per heavy atom. The minimum absolute atomic E-state index is 0. The lowest BCUT2D eigenvalue weighted by Crippen LogP contribution is -2.13. The average molecular weight is 482 g/mol. The van der Waals surface area contributed by atoms with Gasteiger partial charge < -0.3 is 9.73 Å². The summed E-state index contributed by atoms with van der Waals surface area (Å²) in [5.74, 6) is 0.669. The number of aromatic nitrogens is 4. The van der Waals surface area contributed by atoms with Crippen LogP contribution in [0.15, 0.2) is 64.0 Å². The Morgan fingerprint density at radius 1 is 0.912 bits per heavy atom. The van der Waals surface area contributed by atoms with Crippen molar-refractivity contribution in [2.24, 2.45) is 0 Å². The van der Waals surface area contributed by atoms with E-state index >= 15 is 0 Å². The van der Waals surface area contributed by atoms with Crippen molar-refractivity contribution in [2.75, 3.05) is 7.05 Å². The SMILES string of the molecule is CNC(C)c1ccc(-c2nnc(-c3nc(-c4ccc(S(=O)(=O)C(C)C)cc4)cnc3C)o2)cc1.[HH].[HH]. The first-order valence-electron chi connectivity index (χ1n) is 11.0. The Bertz CT molecular complexity index is 1410. The van der Waals surface area contributed by atoms with Gasteiger partial charge in [-0.2, -0.15) is 0 Å². The van der Waals surface area contributed by atoms with E-state index in [-0.39, 0.29) is 19.7 Å². The second kappa shape index (κ2) is 9.44. The number of aryl methyl sites for hydroxylation is 1. The number of benzene rings is 2. The second-order valence-electron chi connectivity index (χ2n) is 8.35. The maximum Gasteiger partial charge on any atom is 0.268 e. The zero-order chi connectivity index (χ0) is 24.5. The zero-order valence-electron chi connectivity index (χ0n) is 19.8. The smallest absolute Gasteiger partial charge is 0.268 e. The molecule has 0 aliphatic carbocycles. The first-order chi connectivity index (χ1) is 16.2. The summed E-state index contributed by atoms with van der Waals surface area (Å²) in [7, 11) is -1.42. The van der Waals surface area contributed by atoms with E-state index in [2.05, 4.69) is 32.4 Å². The van der Waals surface area contributed by atoms with Gasteiger partial charge in [0.05, 0.1) is 27.7 Å². The van der Waals surface area contributed by atoms with E-state index < -0.39 is 15.1 Å². The molecule has 0 bridgehead atoms. The van der Waals surface area contributed by atoms with Crippen LogP contribution in [0, 0.1) is 6.92 Å². The third-order valence-corrected chi connectivity index (χ3v) is 7.94. The summed E-state index contributed by atoms with van der Waals surface area (Å²) in [5, 5.41) is 11.1. The third-order valence-electron chi connectivity index (χ3n) is 5.77. The van der Waals surface area contributed by atoms with Gasteiger partial charge in [-0.15, -0.1) is 10.2 Å². The van der Waals surface area contributed by atoms with Gasteiger partial charge in [0.1, 0.15) is 5.69 Å². The molecule has 0 radical (unpaired) electrons. The molecular formula is C25H31N5O3S. The first kappa shape index (κ1) is 23.7. The Labute approximate surface area is 202 Å². The number of nitrogens with one attached hydrogen (secondary N) is 1. The molecule has 0 fully saturated rings. The molecule has 0 spiro atoms. The highest BCUT2D eigenvalue weighted by atomic mass is 32.2. The van der Waals surface area contributed by atoms with Gasteiger partial charge in [-0.1, -0.05) is 24.3 Å². The number of hydrogen-bond donors (Lipinski definition) is 1. The minimum Gasteiger partial charge on any atom is -0.415 e. The van der Waals surface area contributed by atoms with Crippen LogP contribution < -0.4 is 5.32 Å². The van der Waals surface area contributed by atoms with Crippen LogP contribution in [0.25, 0.3) is 34.3 Å². The van der Waals surface area contributed by atoms with Crippen molar-refractivity contribution >= 4 is 9.84 Å². The van der Waals surface area contributed by atoms with Crippen molar-refractivity contribution in [3.05, 3.63) is 66.0 Å². The molecule has 2 aromatic heterocycles. The fraction of sp³-hybridized carbons (Fsp3) is 0.280. The van der Waals surface area contributed by atoms with Crippen LogP contribution in [0.4, 0.5) is 0 Å². The van der Waals surface area contributed by atoms with Crippen LogP contribution in [0.1, 0.15) is 40.9 Å². The van der Waals surface area contributed by atoms with E-state index in [0.717, 1.165) is 16.7 Å². The first-order valence-corrected chi connectivity index (χ1v) is 12.5. The van der Waals surface area contributed by atoms with Crippen LogP contribution >= 0.6 is 0 Å². The van der Waals surface area contributed by atoms with E-state index in [9.17, 15) is 8.42 Å². The van der Waals surface area contributed by atoms with Crippen LogP contribution in [0.3, 0.4) is 0 Å². The predicted molar refractivity (Wildman–Crippen MR) is 135 cm³/mol. The molecule has 0 aliphatic heterocycles. The minimum atomic E-state index is -3.34. The Hall–Kier alpha value is -3.43. The standard InChI is InChI=1S/C25H27N5O3S.2H2/c1-15(2)34(31,32)21-12-10-19(11-13-21)22-14-27-17(4)23(28-22)25-30-29-24(33-25)20-8-6-18(7-9-20)16(3)26-5;;/h6-16,26H,1-5H3;2*1H. The van der Waals surface area contributed by atoms with Crippen molar-refractivity contribution in [1.29, 1.82) is 0 Å². The second-order valence-corrected chi connectivity index (χ2v) is 10.9. The molecule has 9 heteroatoms. The molecular weight excluding hydrogens is 450 g/mol. The summed E-state index contributed by atoms with van der Waals surface area (Å²) in [6, 6.07) is 14.8. The fourth-order valence-electron chi connectivity index (χ4n) is 3.40. The predicted octanol–water partition coefficient (Wildman–Crippen LogP) is 5.12. The van der Waals surface area contributed by atoms with Crippen LogP contribution in [0.5, 0.6) is 0 Å². The number of sulfone groups is 1. The Kier molecular flexibility index (Phi) is 6.58. The van der Waals surface area contributed by atoms with Gasteiger partial charge in [0.2, 0.25) is 5.89 Å². The van der Waals surface area contributed by atoms with Gasteiger partial charge in [0.15, 0.2) is 9.84 Å². The van der Waals surface area contributed by atoms with Crippen LogP contribution in [-0.2, 0) is 9.84 Å². The van der Waals surface area contributed by atoms with E-state index in [1.807, 2.05) is 38.2 Å². The normalized spacial score (nSPS) is 12.8. The molecule has 34 heavy (non-hydrogen) atoms. The lowest BCUT2D eigenvalue weighted by atomic mass is 10.1. The van der Waals surface area contributed by atoms with Gasteiger partial charge in [-0.05, 0) is 64.6 Å². The molecule has 0 saturated carbocycles. The van der Waals surface area contributed by atoms with Crippen LogP contribution in [0.2, 0.25) is 0 Å². The lowest BCUT2D eigenvalue weighted by Gasteiger charge is -2.10. The molecule has 2 heterocycles. The number of nitrogens with zero attached hydrogens (tertiary/aromatic N) is 4. The van der Waals surface area contributed by atoms with Gasteiger partial charge in [-0.3, -0.25) is 4.98 Å². The van der Waals surface area contributed by atoms with E-state index in [1.54, 1.807) is 44.3 Å². The monoisotopic (exact) mass is 481 g/mol. The van der Waals surface area contributed by atoms with Crippen molar-refractivity contribution < 1.29 is 15.7 Å². The van der Waals surface area contributed by atoms with E-state index in [4.69, 9.17) is 4.42 Å². The summed E-state index contributed by atoms with van der Waals surface area (Å²) < 4.78 is 30.7. The molecule has 0 saturated heterocycles. The third kappa shape index (κ3) is 4.62. The van der Waals surface area contributed by atoms with Gasteiger partial charge in [0.25, 0.3) is 5.89 Å². The summed E-state index contributed by atoms with van der Waals surface area (Å²) in [6.45, 7) is 7.24. The number of hydrogen-bond acceptors (Lipinski definition) is 8. The Balaban J connectivity index is 0.00000228. The topological polar surface area (TPSA) is 111 Å². The quantitative estimate of drug-likeness (QED) is 0.387. The fourth-order valence-corrected chi connectivity index (χ4v) is 4.45. The maximum atomic E-state index is 12.4. The van der Waals surface area contributed by atoms with Gasteiger partial charge in [-0.25, -0.2) is 13.4 Å². The molecule has 1 unspecified atom stereocenters. The lowest BCUT2D eigenvalue weighted by molar-refractivity contribution is 0.581. The summed E-state index contributed by atoms with van der Waals surface area (Å²) in [6.07, 6.45) is 1.64.